The van der Waals surface area contributed by atoms with Crippen molar-refractivity contribution in [3.8, 4) is 0 Å². The number of hydrogen-bond donors (Lipinski definition) is 0. The molecular weight excluding hydrogens is 302 g/mol. The zero-order valence-electron chi connectivity index (χ0n) is 13.6. The molecule has 1 aliphatic rings. The van der Waals surface area contributed by atoms with Gasteiger partial charge in [-0.2, -0.15) is 0 Å². The summed E-state index contributed by atoms with van der Waals surface area (Å²) in [4.78, 5) is 31.2. The topological polar surface area (TPSA) is 54.7 Å². The van der Waals surface area contributed by atoms with Crippen molar-refractivity contribution in [2.75, 3.05) is 4.90 Å². The van der Waals surface area contributed by atoms with Crippen molar-refractivity contribution in [1.29, 1.82) is 0 Å². The van der Waals surface area contributed by atoms with Gasteiger partial charge in [-0.3, -0.25) is 14.0 Å². The Bertz CT molecular complexity index is 1010. The van der Waals surface area contributed by atoms with Crippen LogP contribution in [0.4, 0.5) is 5.82 Å². The third-order valence-corrected chi connectivity index (χ3v) is 4.43. The van der Waals surface area contributed by atoms with E-state index in [1.165, 1.54) is 22.5 Å². The Morgan fingerprint density at radius 3 is 2.42 bits per heavy atom. The maximum Gasteiger partial charge on any atom is 0.259 e. The van der Waals surface area contributed by atoms with Gasteiger partial charge in [-0.25, -0.2) is 4.98 Å². The van der Waals surface area contributed by atoms with Crippen molar-refractivity contribution >= 4 is 17.2 Å². The van der Waals surface area contributed by atoms with E-state index in [1.54, 1.807) is 18.3 Å². The molecular formula is C19H17N3O2. The molecule has 0 saturated carbocycles. The van der Waals surface area contributed by atoms with Gasteiger partial charge in [0.2, 0.25) is 0 Å². The Kier molecular flexibility index (Phi) is 3.23. The normalized spacial score (nSPS) is 13.3. The summed E-state index contributed by atoms with van der Waals surface area (Å²) >= 11 is 0. The number of benzene rings is 1. The van der Waals surface area contributed by atoms with Crippen LogP contribution in [0.5, 0.6) is 0 Å². The molecule has 1 aliphatic heterocycles. The first-order valence-corrected chi connectivity index (χ1v) is 7.89. The van der Waals surface area contributed by atoms with Crippen LogP contribution in [0.2, 0.25) is 0 Å². The number of hydrogen-bond acceptors (Lipinski definition) is 4. The predicted octanol–water partition coefficient (Wildman–Crippen LogP) is 2.73. The number of nitrogens with zero attached hydrogens (tertiary/aromatic N) is 3. The van der Waals surface area contributed by atoms with Crippen LogP contribution in [0.1, 0.15) is 34.0 Å². The van der Waals surface area contributed by atoms with Crippen LogP contribution in [0.15, 0.2) is 47.4 Å². The fraction of sp³-hybridized carbons (Fsp3) is 0.211. The maximum atomic E-state index is 12.5. The molecule has 0 atom stereocenters. The van der Waals surface area contributed by atoms with E-state index in [0.717, 1.165) is 18.7 Å². The molecule has 3 heterocycles. The summed E-state index contributed by atoms with van der Waals surface area (Å²) in [7, 11) is 0. The second-order valence-electron chi connectivity index (χ2n) is 6.26. The number of carbonyl (C=O) groups is 1. The van der Waals surface area contributed by atoms with Crippen molar-refractivity contribution in [3.63, 3.8) is 0 Å². The second-order valence-corrected chi connectivity index (χ2v) is 6.26. The van der Waals surface area contributed by atoms with Gasteiger partial charge in [0.15, 0.2) is 11.4 Å². The molecule has 0 radical (unpaired) electrons. The lowest BCUT2D eigenvalue weighted by atomic mass is 10.1. The first-order valence-electron chi connectivity index (χ1n) is 7.89. The van der Waals surface area contributed by atoms with Gasteiger partial charge in [0.1, 0.15) is 5.82 Å². The van der Waals surface area contributed by atoms with Gasteiger partial charge >= 0.3 is 0 Å². The van der Waals surface area contributed by atoms with Gasteiger partial charge in [0.25, 0.3) is 5.56 Å². The molecule has 3 aromatic rings. The highest BCUT2D eigenvalue weighted by molar-refractivity contribution is 6.00. The fourth-order valence-corrected chi connectivity index (χ4v) is 3.24. The lowest BCUT2D eigenvalue weighted by Gasteiger charge is -2.17. The minimum absolute atomic E-state index is 0.0926. The number of aryl methyl sites for hydroxylation is 1. The largest absolute Gasteiger partial charge is 0.348 e. The van der Waals surface area contributed by atoms with Crippen LogP contribution in [0, 0.1) is 6.92 Å². The fourth-order valence-electron chi connectivity index (χ4n) is 3.24. The quantitative estimate of drug-likeness (QED) is 0.682. The Morgan fingerprint density at radius 1 is 1.12 bits per heavy atom. The summed E-state index contributed by atoms with van der Waals surface area (Å²) < 4.78 is 1.46. The SMILES string of the molecule is CC(=O)c1cc(C)cn2c(=O)cc(N3Cc4ccccc4C3)nc12. The van der Waals surface area contributed by atoms with Crippen molar-refractivity contribution in [2.24, 2.45) is 0 Å². The van der Waals surface area contributed by atoms with Crippen LogP contribution in [0.3, 0.4) is 0 Å². The molecule has 5 nitrogen and oxygen atoms in total. The van der Waals surface area contributed by atoms with Gasteiger partial charge in [0, 0.05) is 25.4 Å². The maximum absolute atomic E-state index is 12.5. The highest BCUT2D eigenvalue weighted by Crippen LogP contribution is 2.26. The van der Waals surface area contributed by atoms with Crippen LogP contribution in [-0.4, -0.2) is 15.2 Å². The molecule has 1 aromatic carbocycles. The molecule has 0 fully saturated rings. The van der Waals surface area contributed by atoms with Gasteiger partial charge in [-0.05, 0) is 36.6 Å². The van der Waals surface area contributed by atoms with E-state index in [9.17, 15) is 9.59 Å². The van der Waals surface area contributed by atoms with Gasteiger partial charge < -0.3 is 4.90 Å². The van der Waals surface area contributed by atoms with E-state index < -0.39 is 0 Å². The van der Waals surface area contributed by atoms with Crippen molar-refractivity contribution in [2.45, 2.75) is 26.9 Å². The molecule has 0 spiro atoms. The van der Waals surface area contributed by atoms with Crippen LogP contribution in [0.25, 0.3) is 5.65 Å². The van der Waals surface area contributed by atoms with E-state index in [-0.39, 0.29) is 11.3 Å². The minimum Gasteiger partial charge on any atom is -0.348 e. The average Bonchev–Trinajstić information content (AvgIpc) is 2.98. The number of fused-ring (bicyclic) bond motifs is 2. The lowest BCUT2D eigenvalue weighted by Crippen LogP contribution is -2.23. The number of rotatable bonds is 2. The number of anilines is 1. The standard InChI is InChI=1S/C19H17N3O2/c1-12-7-16(13(2)23)19-20-17(8-18(24)22(19)9-12)21-10-14-5-3-4-6-15(14)11-21/h3-9H,10-11H2,1-2H3. The average molecular weight is 319 g/mol. The predicted molar refractivity (Wildman–Crippen MR) is 92.5 cm³/mol. The Labute approximate surface area is 139 Å². The van der Waals surface area contributed by atoms with E-state index in [1.807, 2.05) is 19.1 Å². The molecule has 0 saturated heterocycles. The highest BCUT2D eigenvalue weighted by atomic mass is 16.1. The molecule has 0 N–H and O–H groups in total. The van der Waals surface area contributed by atoms with E-state index in [2.05, 4.69) is 22.0 Å². The second kappa shape index (κ2) is 5.30. The van der Waals surface area contributed by atoms with Crippen molar-refractivity contribution < 1.29 is 4.79 Å². The van der Waals surface area contributed by atoms with E-state index in [0.29, 0.717) is 17.0 Å². The summed E-state index contributed by atoms with van der Waals surface area (Å²) in [5, 5.41) is 0. The number of pyridine rings is 1. The third kappa shape index (κ3) is 2.29. The van der Waals surface area contributed by atoms with Crippen molar-refractivity contribution in [3.05, 3.63) is 75.2 Å². The lowest BCUT2D eigenvalue weighted by molar-refractivity contribution is 0.101. The summed E-state index contributed by atoms with van der Waals surface area (Å²) in [6.07, 6.45) is 1.72. The monoisotopic (exact) mass is 319 g/mol. The van der Waals surface area contributed by atoms with E-state index in [4.69, 9.17) is 0 Å². The summed E-state index contributed by atoms with van der Waals surface area (Å²) in [5.74, 6) is 0.521. The molecule has 120 valence electrons. The summed E-state index contributed by atoms with van der Waals surface area (Å²) in [6.45, 7) is 4.81. The summed E-state index contributed by atoms with van der Waals surface area (Å²) in [5.41, 5.74) is 4.08. The zero-order valence-corrected chi connectivity index (χ0v) is 13.6. The highest BCUT2D eigenvalue weighted by Gasteiger charge is 2.21. The smallest absolute Gasteiger partial charge is 0.259 e. The van der Waals surface area contributed by atoms with Crippen LogP contribution >= 0.6 is 0 Å². The number of aromatic nitrogens is 2. The first kappa shape index (κ1) is 14.6. The zero-order chi connectivity index (χ0) is 16.8. The van der Waals surface area contributed by atoms with Crippen LogP contribution in [-0.2, 0) is 13.1 Å². The van der Waals surface area contributed by atoms with Gasteiger partial charge in [0.05, 0.1) is 5.56 Å². The van der Waals surface area contributed by atoms with Gasteiger partial charge in [-0.1, -0.05) is 24.3 Å². The molecule has 5 heteroatoms. The molecule has 0 bridgehead atoms. The molecule has 24 heavy (non-hydrogen) atoms. The minimum atomic E-state index is -0.169. The molecule has 4 rings (SSSR count). The first-order chi connectivity index (χ1) is 11.5. The Hall–Kier alpha value is -2.95. The Morgan fingerprint density at radius 2 is 1.79 bits per heavy atom. The summed E-state index contributed by atoms with van der Waals surface area (Å²) in [6, 6.07) is 11.5. The van der Waals surface area contributed by atoms with E-state index >= 15 is 0 Å². The van der Waals surface area contributed by atoms with Gasteiger partial charge in [-0.15, -0.1) is 0 Å². The number of ketones is 1. The Balaban J connectivity index is 1.87. The molecule has 0 aliphatic carbocycles. The van der Waals surface area contributed by atoms with Crippen LogP contribution < -0.4 is 10.5 Å². The molecule has 0 amide bonds. The number of carbonyl (C=O) groups excluding carboxylic acids is 1. The van der Waals surface area contributed by atoms with Crippen molar-refractivity contribution in [1.82, 2.24) is 9.38 Å². The number of Topliss-reactive ketones (excluding diaryl/α,β-unsaturated/α-hetero) is 1. The molecule has 2 aromatic heterocycles. The molecule has 0 unspecified atom stereocenters. The third-order valence-electron chi connectivity index (χ3n) is 4.43.